The Bertz CT molecular complexity index is 859. The number of carbonyl (C=O) groups is 1. The second-order valence-electron chi connectivity index (χ2n) is 8.81. The summed E-state index contributed by atoms with van der Waals surface area (Å²) in [4.78, 5) is 16.9. The highest BCUT2D eigenvalue weighted by atomic mass is 35.5. The minimum absolute atomic E-state index is 0.0885. The molecule has 0 saturated heterocycles. The normalized spacial score (nSPS) is 30.3. The first-order valence-electron chi connectivity index (χ1n) is 9.99. The maximum absolute atomic E-state index is 13.9. The van der Waals surface area contributed by atoms with Crippen LogP contribution < -0.4 is 10.6 Å². The first-order chi connectivity index (χ1) is 13.5. The van der Waals surface area contributed by atoms with Crippen LogP contribution in [-0.2, 0) is 0 Å². The summed E-state index contributed by atoms with van der Waals surface area (Å²) in [7, 11) is 0. The summed E-state index contributed by atoms with van der Waals surface area (Å²) in [5.74, 6) is 2.21. The largest absolute Gasteiger partial charge is 0.365 e. The van der Waals surface area contributed by atoms with Crippen molar-refractivity contribution in [3.8, 4) is 0 Å². The molecule has 2 N–H and O–H groups in total. The molecule has 4 saturated carbocycles. The molecule has 0 unspecified atom stereocenters. The average Bonchev–Trinajstić information content (AvgIpc) is 2.62. The second-order valence-corrected chi connectivity index (χ2v) is 9.21. The predicted octanol–water partition coefficient (Wildman–Crippen LogP) is 5.51. The van der Waals surface area contributed by atoms with Crippen molar-refractivity contribution in [2.24, 2.45) is 17.8 Å². The van der Waals surface area contributed by atoms with Crippen LogP contribution in [0.5, 0.6) is 0 Å². The minimum atomic E-state index is -0.641. The number of pyridine rings is 1. The van der Waals surface area contributed by atoms with Crippen LogP contribution in [0.3, 0.4) is 0 Å². The molecule has 1 aromatic carbocycles. The van der Waals surface area contributed by atoms with Crippen LogP contribution in [0.1, 0.15) is 48.9 Å². The molecule has 4 fully saturated rings. The van der Waals surface area contributed by atoms with Crippen LogP contribution in [0.2, 0.25) is 5.02 Å². The molecular formula is C22H23ClFN3O. The number of carbonyl (C=O) groups excluding carboxylic acids is 1. The summed E-state index contributed by atoms with van der Waals surface area (Å²) in [6.07, 6.45) is 9.53. The van der Waals surface area contributed by atoms with Crippen LogP contribution in [0.25, 0.3) is 0 Å². The fraction of sp³-hybridized carbons (Fsp3) is 0.455. The molecule has 1 amide bonds. The first kappa shape index (κ1) is 17.9. The molecule has 0 atom stereocenters. The molecule has 0 spiro atoms. The quantitative estimate of drug-likeness (QED) is 0.713. The highest BCUT2D eigenvalue weighted by molar-refractivity contribution is 6.34. The number of amides is 1. The Kier molecular flexibility index (Phi) is 4.31. The third-order valence-corrected chi connectivity index (χ3v) is 6.96. The molecule has 4 aliphatic carbocycles. The Labute approximate surface area is 168 Å². The van der Waals surface area contributed by atoms with Crippen molar-refractivity contribution in [3.63, 3.8) is 0 Å². The molecule has 0 aliphatic heterocycles. The molecule has 28 heavy (non-hydrogen) atoms. The molecule has 0 radical (unpaired) electrons. The smallest absolute Gasteiger partial charge is 0.260 e. The summed E-state index contributed by atoms with van der Waals surface area (Å²) in [6.45, 7) is 0. The van der Waals surface area contributed by atoms with Crippen LogP contribution >= 0.6 is 11.6 Å². The molecule has 4 nitrogen and oxygen atoms in total. The van der Waals surface area contributed by atoms with Crippen LogP contribution in [-0.4, -0.2) is 16.4 Å². The van der Waals surface area contributed by atoms with Gasteiger partial charge in [0.1, 0.15) is 11.6 Å². The zero-order chi connectivity index (χ0) is 19.3. The number of nitrogens with zero attached hydrogens (tertiary/aromatic N) is 1. The molecule has 6 heteroatoms. The van der Waals surface area contributed by atoms with E-state index in [4.69, 9.17) is 11.6 Å². The van der Waals surface area contributed by atoms with Crippen molar-refractivity contribution >= 4 is 29.0 Å². The maximum Gasteiger partial charge on any atom is 0.260 e. The lowest BCUT2D eigenvalue weighted by molar-refractivity contribution is 0.0105. The summed E-state index contributed by atoms with van der Waals surface area (Å²) >= 11 is 5.96. The zero-order valence-corrected chi connectivity index (χ0v) is 16.3. The number of benzene rings is 1. The van der Waals surface area contributed by atoms with Gasteiger partial charge in [0.15, 0.2) is 0 Å². The highest BCUT2D eigenvalue weighted by Crippen LogP contribution is 2.56. The lowest BCUT2D eigenvalue weighted by atomic mass is 9.53. The zero-order valence-electron chi connectivity index (χ0n) is 15.6. The van der Waals surface area contributed by atoms with E-state index in [1.54, 1.807) is 12.3 Å². The van der Waals surface area contributed by atoms with Gasteiger partial charge in [0.2, 0.25) is 0 Å². The topological polar surface area (TPSA) is 54.0 Å². The van der Waals surface area contributed by atoms with Crippen LogP contribution in [0.4, 0.5) is 15.9 Å². The van der Waals surface area contributed by atoms with Crippen LogP contribution in [0.15, 0.2) is 36.5 Å². The lowest BCUT2D eigenvalue weighted by Crippen LogP contribution is -2.54. The van der Waals surface area contributed by atoms with E-state index in [1.165, 1.54) is 56.7 Å². The Morgan fingerprint density at radius 3 is 2.32 bits per heavy atom. The molecule has 1 heterocycles. The van der Waals surface area contributed by atoms with Gasteiger partial charge in [0, 0.05) is 5.54 Å². The molecule has 1 aromatic heterocycles. The molecule has 4 bridgehead atoms. The van der Waals surface area contributed by atoms with Gasteiger partial charge in [-0.25, -0.2) is 9.37 Å². The summed E-state index contributed by atoms with van der Waals surface area (Å²) in [5.41, 5.74) is 0.549. The molecule has 4 aliphatic rings. The van der Waals surface area contributed by atoms with Gasteiger partial charge in [0.05, 0.1) is 22.5 Å². The van der Waals surface area contributed by atoms with Gasteiger partial charge in [0.25, 0.3) is 5.91 Å². The van der Waals surface area contributed by atoms with Gasteiger partial charge < -0.3 is 10.6 Å². The summed E-state index contributed by atoms with van der Waals surface area (Å²) in [5, 5.41) is 6.47. The highest BCUT2D eigenvalue weighted by Gasteiger charge is 2.51. The van der Waals surface area contributed by atoms with Crippen molar-refractivity contribution < 1.29 is 9.18 Å². The fourth-order valence-corrected chi connectivity index (χ4v) is 6.23. The number of halogens is 2. The monoisotopic (exact) mass is 399 g/mol. The second kappa shape index (κ2) is 6.73. The van der Waals surface area contributed by atoms with E-state index in [0.717, 1.165) is 23.6 Å². The molecule has 2 aromatic rings. The van der Waals surface area contributed by atoms with Gasteiger partial charge in [-0.05, 0) is 80.5 Å². The average molecular weight is 400 g/mol. The Morgan fingerprint density at radius 1 is 1.07 bits per heavy atom. The summed E-state index contributed by atoms with van der Waals surface area (Å²) in [6, 6.07) is 7.87. The van der Waals surface area contributed by atoms with Crippen molar-refractivity contribution in [1.82, 2.24) is 4.98 Å². The fourth-order valence-electron chi connectivity index (χ4n) is 5.99. The van der Waals surface area contributed by atoms with E-state index in [2.05, 4.69) is 15.6 Å². The van der Waals surface area contributed by atoms with Gasteiger partial charge >= 0.3 is 0 Å². The Morgan fingerprint density at radius 2 is 1.75 bits per heavy atom. The van der Waals surface area contributed by atoms with Gasteiger partial charge in [-0.1, -0.05) is 17.7 Å². The SMILES string of the molecule is O=C(Nc1ccc(NC23CC4CC(CC(C4)C2)C3)nc1)c1c(F)cccc1Cl. The molecule has 146 valence electrons. The number of hydrogen-bond donors (Lipinski definition) is 2. The predicted molar refractivity (Wildman–Crippen MR) is 108 cm³/mol. The number of aromatic nitrogens is 1. The van der Waals surface area contributed by atoms with E-state index in [0.29, 0.717) is 5.69 Å². The van der Waals surface area contributed by atoms with Crippen molar-refractivity contribution in [3.05, 3.63) is 52.9 Å². The molecular weight excluding hydrogens is 377 g/mol. The van der Waals surface area contributed by atoms with E-state index >= 15 is 0 Å². The van der Waals surface area contributed by atoms with E-state index < -0.39 is 11.7 Å². The van der Waals surface area contributed by atoms with Crippen molar-refractivity contribution in [1.29, 1.82) is 0 Å². The summed E-state index contributed by atoms with van der Waals surface area (Å²) < 4.78 is 13.9. The van der Waals surface area contributed by atoms with Gasteiger partial charge in [-0.2, -0.15) is 0 Å². The van der Waals surface area contributed by atoms with Gasteiger partial charge in [-0.3, -0.25) is 4.79 Å². The number of rotatable bonds is 4. The van der Waals surface area contributed by atoms with E-state index in [-0.39, 0.29) is 16.1 Å². The third-order valence-electron chi connectivity index (χ3n) is 6.64. The van der Waals surface area contributed by atoms with Crippen LogP contribution in [0, 0.1) is 23.6 Å². The van der Waals surface area contributed by atoms with E-state index in [9.17, 15) is 9.18 Å². The number of nitrogens with one attached hydrogen (secondary N) is 2. The number of hydrogen-bond acceptors (Lipinski definition) is 3. The first-order valence-corrected chi connectivity index (χ1v) is 10.4. The maximum atomic E-state index is 13.9. The van der Waals surface area contributed by atoms with Crippen molar-refractivity contribution in [2.45, 2.75) is 44.1 Å². The minimum Gasteiger partial charge on any atom is -0.365 e. The van der Waals surface area contributed by atoms with Crippen molar-refractivity contribution in [2.75, 3.05) is 10.6 Å². The standard InChI is InChI=1S/C22H23ClFN3O/c23-17-2-1-3-18(24)20(17)21(28)26-16-4-5-19(25-12-16)27-22-9-13-6-14(10-22)8-15(7-13)11-22/h1-5,12-15H,6-11H2,(H,25,27)(H,26,28). The van der Waals surface area contributed by atoms with Gasteiger partial charge in [-0.15, -0.1) is 0 Å². The lowest BCUT2D eigenvalue weighted by Gasteiger charge is -2.57. The Balaban J connectivity index is 1.28. The Hall–Kier alpha value is -2.14. The van der Waals surface area contributed by atoms with E-state index in [1.807, 2.05) is 6.07 Å². The number of anilines is 2. The molecule has 6 rings (SSSR count). The third kappa shape index (κ3) is 3.26.